The minimum absolute atomic E-state index is 0.176. The number of carbonyl (C=O) groups is 1. The van der Waals surface area contributed by atoms with Gasteiger partial charge in [-0.25, -0.2) is 8.42 Å². The molecule has 2 aliphatic heterocycles. The van der Waals surface area contributed by atoms with E-state index in [4.69, 9.17) is 0 Å². The van der Waals surface area contributed by atoms with Gasteiger partial charge < -0.3 is 4.90 Å². The van der Waals surface area contributed by atoms with Crippen LogP contribution >= 0.6 is 0 Å². The van der Waals surface area contributed by atoms with Gasteiger partial charge in [-0.05, 0) is 59.1 Å². The third-order valence-corrected chi connectivity index (χ3v) is 8.20. The molecule has 2 heterocycles. The van der Waals surface area contributed by atoms with Crippen molar-refractivity contribution in [3.05, 3.63) is 29.8 Å². The summed E-state index contributed by atoms with van der Waals surface area (Å²) in [6.45, 7) is 10.2. The molecule has 1 amide bonds. The molecule has 0 spiro atoms. The number of amides is 1. The summed E-state index contributed by atoms with van der Waals surface area (Å²) in [6, 6.07) is 7.33. The number of piperidine rings is 1. The van der Waals surface area contributed by atoms with Gasteiger partial charge >= 0.3 is 0 Å². The van der Waals surface area contributed by atoms with E-state index in [-0.39, 0.29) is 24.0 Å². The van der Waals surface area contributed by atoms with Crippen LogP contribution in [0.15, 0.2) is 29.2 Å². The van der Waals surface area contributed by atoms with Crippen LogP contribution in [0.1, 0.15) is 45.6 Å². The molecule has 3 rings (SSSR count). The number of sulfonamides is 1. The molecule has 0 aromatic heterocycles. The van der Waals surface area contributed by atoms with Crippen molar-refractivity contribution in [1.29, 1.82) is 0 Å². The van der Waals surface area contributed by atoms with Crippen molar-refractivity contribution < 1.29 is 13.2 Å². The quantitative estimate of drug-likeness (QED) is 0.769. The molecule has 0 radical (unpaired) electrons. The average molecular weight is 408 g/mol. The van der Waals surface area contributed by atoms with Crippen LogP contribution in [0.4, 0.5) is 0 Å². The summed E-state index contributed by atoms with van der Waals surface area (Å²) in [6.07, 6.45) is 3.30. The van der Waals surface area contributed by atoms with Gasteiger partial charge in [0.25, 0.3) is 0 Å². The Morgan fingerprint density at radius 3 is 2.07 bits per heavy atom. The van der Waals surface area contributed by atoms with Gasteiger partial charge in [0.1, 0.15) is 0 Å². The van der Waals surface area contributed by atoms with E-state index in [1.54, 1.807) is 12.1 Å². The van der Waals surface area contributed by atoms with E-state index < -0.39 is 10.0 Å². The lowest BCUT2D eigenvalue weighted by molar-refractivity contribution is -0.143. The Morgan fingerprint density at radius 2 is 1.54 bits per heavy atom. The molecular formula is C21H33N3O3S. The normalized spacial score (nSPS) is 26.2. The first-order valence-corrected chi connectivity index (χ1v) is 11.8. The van der Waals surface area contributed by atoms with Gasteiger partial charge in [-0.3, -0.25) is 9.69 Å². The predicted molar refractivity (Wildman–Crippen MR) is 111 cm³/mol. The van der Waals surface area contributed by atoms with E-state index in [2.05, 4.69) is 18.7 Å². The van der Waals surface area contributed by atoms with Crippen molar-refractivity contribution in [2.45, 2.75) is 70.0 Å². The van der Waals surface area contributed by atoms with Crippen LogP contribution in [0.5, 0.6) is 0 Å². The molecule has 2 saturated heterocycles. The first kappa shape index (κ1) is 21.3. The first-order valence-electron chi connectivity index (χ1n) is 10.3. The summed E-state index contributed by atoms with van der Waals surface area (Å²) < 4.78 is 27.3. The Morgan fingerprint density at radius 1 is 1.00 bits per heavy atom. The Balaban J connectivity index is 1.63. The number of aryl methyl sites for hydroxylation is 1. The summed E-state index contributed by atoms with van der Waals surface area (Å²) in [5.74, 6) is 0.176. The lowest BCUT2D eigenvalue weighted by atomic mass is 9.96. The Bertz CT molecular complexity index is 776. The number of hydrogen-bond acceptors (Lipinski definition) is 4. The molecule has 6 nitrogen and oxygen atoms in total. The van der Waals surface area contributed by atoms with Crippen molar-refractivity contribution in [3.8, 4) is 0 Å². The number of nitrogens with zero attached hydrogens (tertiary/aromatic N) is 3. The first-order chi connectivity index (χ1) is 13.2. The van der Waals surface area contributed by atoms with Crippen molar-refractivity contribution in [2.75, 3.05) is 26.2 Å². The van der Waals surface area contributed by atoms with Gasteiger partial charge in [0.05, 0.1) is 10.9 Å². The number of piperazine rings is 1. The van der Waals surface area contributed by atoms with Gasteiger partial charge in [0.15, 0.2) is 0 Å². The Kier molecular flexibility index (Phi) is 6.47. The molecule has 2 aliphatic rings. The maximum atomic E-state index is 13.1. The molecule has 0 saturated carbocycles. The van der Waals surface area contributed by atoms with Crippen molar-refractivity contribution in [3.63, 3.8) is 0 Å². The van der Waals surface area contributed by atoms with Gasteiger partial charge in [-0.1, -0.05) is 17.7 Å². The molecule has 1 aromatic rings. The van der Waals surface area contributed by atoms with Gasteiger partial charge in [0, 0.05) is 38.3 Å². The molecule has 3 atom stereocenters. The summed E-state index contributed by atoms with van der Waals surface area (Å²) >= 11 is 0. The average Bonchev–Trinajstić information content (AvgIpc) is 2.67. The minimum atomic E-state index is -3.47. The van der Waals surface area contributed by atoms with Crippen LogP contribution in [0, 0.1) is 6.92 Å². The fourth-order valence-corrected chi connectivity index (χ4v) is 5.84. The summed E-state index contributed by atoms with van der Waals surface area (Å²) in [4.78, 5) is 17.6. The predicted octanol–water partition coefficient (Wildman–Crippen LogP) is 2.48. The second kappa shape index (κ2) is 8.51. The highest BCUT2D eigenvalue weighted by molar-refractivity contribution is 7.89. The number of rotatable bonds is 4. The van der Waals surface area contributed by atoms with E-state index in [0.29, 0.717) is 31.1 Å². The zero-order chi connectivity index (χ0) is 20.5. The lowest BCUT2D eigenvalue weighted by Crippen LogP contribution is -2.58. The van der Waals surface area contributed by atoms with E-state index in [1.807, 2.05) is 30.9 Å². The Hall–Kier alpha value is -1.44. The zero-order valence-corrected chi connectivity index (χ0v) is 18.3. The molecule has 0 N–H and O–H groups in total. The van der Waals surface area contributed by atoms with E-state index >= 15 is 0 Å². The summed E-state index contributed by atoms with van der Waals surface area (Å²) in [5, 5.41) is 0. The van der Waals surface area contributed by atoms with Crippen LogP contribution in [-0.2, 0) is 14.8 Å². The SMILES string of the molecule is Cc1ccc(S(=O)(=O)N2CCN([C@H](C)C(=O)N3[C@@H](C)CCC[C@@H]3C)CC2)cc1. The minimum Gasteiger partial charge on any atom is -0.336 e. The number of hydrogen-bond donors (Lipinski definition) is 0. The number of benzene rings is 1. The summed E-state index contributed by atoms with van der Waals surface area (Å²) in [5.41, 5.74) is 1.04. The molecule has 28 heavy (non-hydrogen) atoms. The molecule has 1 aromatic carbocycles. The van der Waals surface area contributed by atoms with Crippen LogP contribution in [0.3, 0.4) is 0 Å². The van der Waals surface area contributed by atoms with Gasteiger partial charge in [0.2, 0.25) is 15.9 Å². The van der Waals surface area contributed by atoms with Crippen LogP contribution in [0.2, 0.25) is 0 Å². The standard InChI is InChI=1S/C21H33N3O3S/c1-16-8-10-20(11-9-16)28(26,27)23-14-12-22(13-15-23)19(4)21(25)24-17(2)6-5-7-18(24)3/h8-11,17-19H,5-7,12-15H2,1-4H3/t17-,18-,19+/m0/s1. The fourth-order valence-electron chi connectivity index (χ4n) is 4.42. The van der Waals surface area contributed by atoms with Gasteiger partial charge in [-0.2, -0.15) is 4.31 Å². The van der Waals surface area contributed by atoms with E-state index in [0.717, 1.165) is 18.4 Å². The number of likely N-dealkylation sites (tertiary alicyclic amines) is 1. The lowest BCUT2D eigenvalue weighted by Gasteiger charge is -2.43. The topological polar surface area (TPSA) is 60.9 Å². The smallest absolute Gasteiger partial charge is 0.243 e. The van der Waals surface area contributed by atoms with E-state index in [9.17, 15) is 13.2 Å². The highest BCUT2D eigenvalue weighted by Crippen LogP contribution is 2.25. The fraction of sp³-hybridized carbons (Fsp3) is 0.667. The van der Waals surface area contributed by atoms with Gasteiger partial charge in [-0.15, -0.1) is 0 Å². The molecule has 0 bridgehead atoms. The molecule has 7 heteroatoms. The second-order valence-corrected chi connectivity index (χ2v) is 10.2. The highest BCUT2D eigenvalue weighted by Gasteiger charge is 2.36. The van der Waals surface area contributed by atoms with Crippen LogP contribution in [-0.4, -0.2) is 72.7 Å². The van der Waals surface area contributed by atoms with Crippen LogP contribution < -0.4 is 0 Å². The van der Waals surface area contributed by atoms with Crippen molar-refractivity contribution >= 4 is 15.9 Å². The van der Waals surface area contributed by atoms with Crippen LogP contribution in [0.25, 0.3) is 0 Å². The van der Waals surface area contributed by atoms with Crippen molar-refractivity contribution in [2.24, 2.45) is 0 Å². The maximum absolute atomic E-state index is 13.1. The molecular weight excluding hydrogens is 374 g/mol. The molecule has 156 valence electrons. The zero-order valence-electron chi connectivity index (χ0n) is 17.5. The van der Waals surface area contributed by atoms with Crippen molar-refractivity contribution in [1.82, 2.24) is 14.1 Å². The highest BCUT2D eigenvalue weighted by atomic mass is 32.2. The molecule has 2 fully saturated rings. The maximum Gasteiger partial charge on any atom is 0.243 e. The largest absolute Gasteiger partial charge is 0.336 e. The third kappa shape index (κ3) is 4.26. The summed E-state index contributed by atoms with van der Waals surface area (Å²) in [7, 11) is -3.47. The monoisotopic (exact) mass is 407 g/mol. The third-order valence-electron chi connectivity index (χ3n) is 6.29. The molecule has 0 unspecified atom stereocenters. The Labute approximate surface area is 169 Å². The van der Waals surface area contributed by atoms with E-state index in [1.165, 1.54) is 10.7 Å². The molecule has 0 aliphatic carbocycles. The second-order valence-electron chi connectivity index (χ2n) is 8.30. The number of carbonyl (C=O) groups excluding carboxylic acids is 1.